The van der Waals surface area contributed by atoms with Gasteiger partial charge in [-0.05, 0) is 54.3 Å². The highest BCUT2D eigenvalue weighted by molar-refractivity contribution is 6.01. The van der Waals surface area contributed by atoms with Crippen LogP contribution in [0.3, 0.4) is 0 Å². The van der Waals surface area contributed by atoms with Gasteiger partial charge in [0, 0.05) is 18.3 Å². The van der Waals surface area contributed by atoms with Gasteiger partial charge in [0.05, 0.1) is 0 Å². The lowest BCUT2D eigenvalue weighted by molar-refractivity contribution is -0.148. The van der Waals surface area contributed by atoms with E-state index in [4.69, 9.17) is 4.74 Å². The van der Waals surface area contributed by atoms with Crippen molar-refractivity contribution in [2.24, 2.45) is 0 Å². The number of hydrogen-bond acceptors (Lipinski definition) is 5. The molecule has 1 atom stereocenters. The molecular weight excluding hydrogens is 394 g/mol. The lowest BCUT2D eigenvalue weighted by Crippen LogP contribution is -2.30. The van der Waals surface area contributed by atoms with Gasteiger partial charge in [-0.3, -0.25) is 9.59 Å². The predicted molar refractivity (Wildman–Crippen MR) is 119 cm³/mol. The quantitative estimate of drug-likeness (QED) is 0.396. The number of carbonyl (C=O) groups excluding carboxylic acids is 3. The van der Waals surface area contributed by atoms with Crippen molar-refractivity contribution < 1.29 is 19.1 Å². The third kappa shape index (κ3) is 7.12. The van der Waals surface area contributed by atoms with Gasteiger partial charge in [-0.15, -0.1) is 0 Å². The van der Waals surface area contributed by atoms with Gasteiger partial charge in [0.1, 0.15) is 11.6 Å². The summed E-state index contributed by atoms with van der Waals surface area (Å²) < 4.78 is 5.15. The number of nitriles is 1. The van der Waals surface area contributed by atoms with Gasteiger partial charge in [0.25, 0.3) is 5.91 Å². The number of nitrogens with zero attached hydrogens (tertiary/aromatic N) is 1. The SMILES string of the molecule is CC(=O)Nc1ccc(NC(=O)[C@@H](C)OC(=O)/C(C#N)=C/c2ccc(C(C)C)cc2)cc1. The summed E-state index contributed by atoms with van der Waals surface area (Å²) >= 11 is 0. The predicted octanol–water partition coefficient (Wildman–Crippen LogP) is 4.25. The zero-order valence-corrected chi connectivity index (χ0v) is 17.9. The van der Waals surface area contributed by atoms with Crippen LogP contribution in [0.15, 0.2) is 54.1 Å². The molecule has 31 heavy (non-hydrogen) atoms. The van der Waals surface area contributed by atoms with Crippen molar-refractivity contribution in [3.8, 4) is 6.07 Å². The van der Waals surface area contributed by atoms with E-state index in [0.717, 1.165) is 5.56 Å². The maximum Gasteiger partial charge on any atom is 0.349 e. The number of anilines is 2. The molecule has 0 unspecified atom stereocenters. The molecule has 0 spiro atoms. The Balaban J connectivity index is 1.99. The molecule has 2 N–H and O–H groups in total. The Kier molecular flexibility index (Phi) is 8.09. The van der Waals surface area contributed by atoms with Crippen LogP contribution < -0.4 is 10.6 Å². The van der Waals surface area contributed by atoms with Crippen LogP contribution in [0.1, 0.15) is 44.7 Å². The minimum absolute atomic E-state index is 0.198. The molecule has 0 saturated heterocycles. The second-order valence-corrected chi connectivity index (χ2v) is 7.29. The van der Waals surface area contributed by atoms with E-state index in [1.165, 1.54) is 19.9 Å². The first-order valence-corrected chi connectivity index (χ1v) is 9.81. The third-order valence-electron chi connectivity index (χ3n) is 4.38. The van der Waals surface area contributed by atoms with Gasteiger partial charge in [0.2, 0.25) is 5.91 Å². The van der Waals surface area contributed by atoms with Crippen LogP contribution >= 0.6 is 0 Å². The van der Waals surface area contributed by atoms with E-state index >= 15 is 0 Å². The summed E-state index contributed by atoms with van der Waals surface area (Å²) in [5.41, 5.74) is 2.71. The van der Waals surface area contributed by atoms with Crippen molar-refractivity contribution >= 4 is 35.2 Å². The van der Waals surface area contributed by atoms with Gasteiger partial charge in [0.15, 0.2) is 6.10 Å². The van der Waals surface area contributed by atoms with E-state index in [1.807, 2.05) is 30.3 Å². The Labute approximate surface area is 181 Å². The van der Waals surface area contributed by atoms with E-state index in [0.29, 0.717) is 22.9 Å². The number of amides is 2. The minimum atomic E-state index is -1.11. The Morgan fingerprint density at radius 2 is 1.48 bits per heavy atom. The Morgan fingerprint density at radius 1 is 0.935 bits per heavy atom. The molecule has 0 aliphatic carbocycles. The average Bonchev–Trinajstić information content (AvgIpc) is 2.73. The molecule has 0 saturated carbocycles. The van der Waals surface area contributed by atoms with Gasteiger partial charge in [-0.25, -0.2) is 4.79 Å². The second-order valence-electron chi connectivity index (χ2n) is 7.29. The fraction of sp³-hybridized carbons (Fsp3) is 0.250. The minimum Gasteiger partial charge on any atom is -0.448 e. The maximum absolute atomic E-state index is 12.3. The number of rotatable bonds is 7. The summed E-state index contributed by atoms with van der Waals surface area (Å²) in [6.07, 6.45) is 0.320. The van der Waals surface area contributed by atoms with Gasteiger partial charge < -0.3 is 15.4 Å². The van der Waals surface area contributed by atoms with E-state index in [-0.39, 0.29) is 11.5 Å². The fourth-order valence-electron chi connectivity index (χ4n) is 2.64. The van der Waals surface area contributed by atoms with Crippen molar-refractivity contribution in [3.63, 3.8) is 0 Å². The van der Waals surface area contributed by atoms with Crippen LogP contribution in [0.2, 0.25) is 0 Å². The monoisotopic (exact) mass is 419 g/mol. The van der Waals surface area contributed by atoms with Crippen LogP contribution in [0.5, 0.6) is 0 Å². The fourth-order valence-corrected chi connectivity index (χ4v) is 2.64. The van der Waals surface area contributed by atoms with E-state index < -0.39 is 18.0 Å². The van der Waals surface area contributed by atoms with Gasteiger partial charge >= 0.3 is 5.97 Å². The smallest absolute Gasteiger partial charge is 0.349 e. The van der Waals surface area contributed by atoms with E-state index in [1.54, 1.807) is 24.3 Å². The van der Waals surface area contributed by atoms with Gasteiger partial charge in [-0.2, -0.15) is 5.26 Å². The molecule has 0 heterocycles. The zero-order valence-electron chi connectivity index (χ0n) is 17.9. The highest BCUT2D eigenvalue weighted by Gasteiger charge is 2.20. The van der Waals surface area contributed by atoms with Crippen molar-refractivity contribution in [1.82, 2.24) is 0 Å². The van der Waals surface area contributed by atoms with Crippen molar-refractivity contribution in [2.75, 3.05) is 10.6 Å². The number of hydrogen-bond donors (Lipinski definition) is 2. The molecule has 2 aromatic rings. The Hall–Kier alpha value is -3.92. The molecule has 0 aliphatic rings. The number of ether oxygens (including phenoxy) is 1. The van der Waals surface area contributed by atoms with E-state index in [9.17, 15) is 19.6 Å². The lowest BCUT2D eigenvalue weighted by atomic mass is 10.0. The first-order valence-electron chi connectivity index (χ1n) is 9.81. The molecule has 7 heteroatoms. The van der Waals surface area contributed by atoms with Crippen LogP contribution in [-0.4, -0.2) is 23.9 Å². The molecule has 0 fully saturated rings. The summed E-state index contributed by atoms with van der Waals surface area (Å²) in [5, 5.41) is 14.6. The molecule has 160 valence electrons. The lowest BCUT2D eigenvalue weighted by Gasteiger charge is -2.13. The van der Waals surface area contributed by atoms with Crippen molar-refractivity contribution in [2.45, 2.75) is 39.7 Å². The summed E-state index contributed by atoms with van der Waals surface area (Å²) in [7, 11) is 0. The zero-order chi connectivity index (χ0) is 23.0. The van der Waals surface area contributed by atoms with E-state index in [2.05, 4.69) is 24.5 Å². The number of carbonyl (C=O) groups is 3. The molecule has 2 amide bonds. The summed E-state index contributed by atoms with van der Waals surface area (Å²) in [5.74, 6) is -1.24. The van der Waals surface area contributed by atoms with Crippen molar-refractivity contribution in [1.29, 1.82) is 5.26 Å². The molecule has 0 aliphatic heterocycles. The standard InChI is InChI=1S/C24H25N3O4/c1-15(2)19-7-5-18(6-8-19)13-20(14-25)24(30)31-16(3)23(29)27-22-11-9-21(10-12-22)26-17(4)28/h5-13,15-16H,1-4H3,(H,26,28)(H,27,29)/b20-13+/t16-/m1/s1. The maximum atomic E-state index is 12.3. The highest BCUT2D eigenvalue weighted by atomic mass is 16.5. The molecule has 2 aromatic carbocycles. The molecule has 0 aromatic heterocycles. The van der Waals surface area contributed by atoms with Crippen LogP contribution in [-0.2, 0) is 19.1 Å². The number of esters is 1. The van der Waals surface area contributed by atoms with Crippen molar-refractivity contribution in [3.05, 3.63) is 65.2 Å². The highest BCUT2D eigenvalue weighted by Crippen LogP contribution is 2.17. The summed E-state index contributed by atoms with van der Waals surface area (Å²) in [6.45, 7) is 6.97. The largest absolute Gasteiger partial charge is 0.448 e. The third-order valence-corrected chi connectivity index (χ3v) is 4.38. The molecule has 0 bridgehead atoms. The Morgan fingerprint density at radius 3 is 1.97 bits per heavy atom. The second kappa shape index (κ2) is 10.7. The number of benzene rings is 2. The average molecular weight is 419 g/mol. The molecule has 0 radical (unpaired) electrons. The topological polar surface area (TPSA) is 108 Å². The summed E-state index contributed by atoms with van der Waals surface area (Å²) in [4.78, 5) is 35.7. The molecular formula is C24H25N3O4. The summed E-state index contributed by atoms with van der Waals surface area (Å²) in [6, 6.07) is 15.8. The first kappa shape index (κ1) is 23.4. The normalized spacial score (nSPS) is 11.9. The first-order chi connectivity index (χ1) is 14.7. The van der Waals surface area contributed by atoms with Crippen LogP contribution in [0.4, 0.5) is 11.4 Å². The molecule has 7 nitrogen and oxygen atoms in total. The van der Waals surface area contributed by atoms with Crippen LogP contribution in [0, 0.1) is 11.3 Å². The van der Waals surface area contributed by atoms with Gasteiger partial charge in [-0.1, -0.05) is 38.1 Å². The number of nitrogens with one attached hydrogen (secondary N) is 2. The Bertz CT molecular complexity index is 1020. The van der Waals surface area contributed by atoms with Crippen LogP contribution in [0.25, 0.3) is 6.08 Å². The molecule has 2 rings (SSSR count).